The Hall–Kier alpha value is -2.88. The minimum Gasteiger partial charge on any atom is -0.494 e. The van der Waals surface area contributed by atoms with Crippen LogP contribution in [0.2, 0.25) is 10.0 Å². The summed E-state index contributed by atoms with van der Waals surface area (Å²) >= 11 is 12.8. The summed E-state index contributed by atoms with van der Waals surface area (Å²) in [5, 5.41) is 7.10. The summed E-state index contributed by atoms with van der Waals surface area (Å²) in [5.41, 5.74) is 9.12. The molecule has 0 unspecified atom stereocenters. The Morgan fingerprint density at radius 1 is 1.00 bits per heavy atom. The van der Waals surface area contributed by atoms with E-state index in [2.05, 4.69) is 15.5 Å². The minimum atomic E-state index is -0.428. The summed E-state index contributed by atoms with van der Waals surface area (Å²) in [4.78, 5) is 29.3. The summed E-state index contributed by atoms with van der Waals surface area (Å²) < 4.78 is 7.58. The monoisotopic (exact) mass is 611 g/mol. The van der Waals surface area contributed by atoms with Gasteiger partial charge < -0.3 is 25.3 Å². The molecule has 3 aromatic rings. The van der Waals surface area contributed by atoms with Crippen molar-refractivity contribution < 1.29 is 14.3 Å². The smallest absolute Gasteiger partial charge is 0.274 e. The Bertz CT molecular complexity index is 1390. The highest BCUT2D eigenvalue weighted by molar-refractivity contribution is 6.36. The molecule has 4 N–H and O–H groups in total. The van der Waals surface area contributed by atoms with Crippen LogP contribution in [-0.4, -0.2) is 66.7 Å². The van der Waals surface area contributed by atoms with Gasteiger partial charge in [0.25, 0.3) is 5.91 Å². The zero-order chi connectivity index (χ0) is 29.6. The first-order valence-corrected chi connectivity index (χ1v) is 15.5. The Morgan fingerprint density at radius 3 is 2.38 bits per heavy atom. The van der Waals surface area contributed by atoms with Gasteiger partial charge in [-0.1, -0.05) is 29.3 Å². The van der Waals surface area contributed by atoms with Crippen LogP contribution in [0.15, 0.2) is 48.5 Å². The topological polar surface area (TPSA) is 102 Å². The predicted octanol–water partition coefficient (Wildman–Crippen LogP) is 5.11. The Morgan fingerprint density at radius 2 is 1.71 bits per heavy atom. The van der Waals surface area contributed by atoms with E-state index in [9.17, 15) is 9.59 Å². The number of nitrogens with zero attached hydrogens (tertiary/aromatic N) is 2. The molecule has 224 valence electrons. The maximum absolute atomic E-state index is 13.5. The highest BCUT2D eigenvalue weighted by Crippen LogP contribution is 2.39. The van der Waals surface area contributed by atoms with E-state index >= 15 is 0 Å². The van der Waals surface area contributed by atoms with Crippen molar-refractivity contribution in [2.24, 2.45) is 18.7 Å². The second-order valence-electron chi connectivity index (χ2n) is 11.1. The van der Waals surface area contributed by atoms with Gasteiger partial charge >= 0.3 is 0 Å². The SMILES string of the molecule is Cn1c(C(=O)NC(=O)C2CCN(C3CCNCC3)CC2)cc(-c2ccc(Cl)cc2Cl)c1-c1ccc(OCCCN)cc1. The number of rotatable bonds is 9. The molecule has 2 saturated heterocycles. The van der Waals surface area contributed by atoms with Gasteiger partial charge in [0.15, 0.2) is 0 Å². The third-order valence-electron chi connectivity index (χ3n) is 8.39. The van der Waals surface area contributed by atoms with Gasteiger partial charge in [0.2, 0.25) is 5.91 Å². The number of likely N-dealkylation sites (tertiary alicyclic amines) is 1. The maximum Gasteiger partial charge on any atom is 0.274 e. The summed E-state index contributed by atoms with van der Waals surface area (Å²) in [6, 6.07) is 15.4. The Kier molecular flexibility index (Phi) is 10.2. The number of hydrogen-bond acceptors (Lipinski definition) is 6. The Labute approximate surface area is 257 Å². The van der Waals surface area contributed by atoms with Gasteiger partial charge in [0.05, 0.1) is 12.3 Å². The average molecular weight is 613 g/mol. The number of nitrogens with one attached hydrogen (secondary N) is 2. The molecule has 5 rings (SSSR count). The number of aromatic nitrogens is 1. The van der Waals surface area contributed by atoms with E-state index in [0.717, 1.165) is 86.4 Å². The number of piperidine rings is 2. The fourth-order valence-electron chi connectivity index (χ4n) is 6.04. The van der Waals surface area contributed by atoms with Gasteiger partial charge in [0.1, 0.15) is 11.4 Å². The molecule has 2 fully saturated rings. The fraction of sp³-hybridized carbons (Fsp3) is 0.438. The van der Waals surface area contributed by atoms with Gasteiger partial charge in [-0.05, 0) is 113 Å². The van der Waals surface area contributed by atoms with Crippen LogP contribution in [0.25, 0.3) is 22.4 Å². The minimum absolute atomic E-state index is 0.177. The number of amides is 2. The predicted molar refractivity (Wildman–Crippen MR) is 168 cm³/mol. The van der Waals surface area contributed by atoms with Crippen LogP contribution in [0.5, 0.6) is 5.75 Å². The summed E-state index contributed by atoms with van der Waals surface area (Å²) in [7, 11) is 1.82. The van der Waals surface area contributed by atoms with Crippen LogP contribution in [0.1, 0.15) is 42.6 Å². The maximum atomic E-state index is 13.5. The normalized spacial score (nSPS) is 16.9. The first-order valence-electron chi connectivity index (χ1n) is 14.7. The first-order chi connectivity index (χ1) is 20.4. The van der Waals surface area contributed by atoms with Crippen molar-refractivity contribution in [1.29, 1.82) is 0 Å². The third kappa shape index (κ3) is 7.01. The van der Waals surface area contributed by atoms with Crippen LogP contribution in [0, 0.1) is 5.92 Å². The highest BCUT2D eigenvalue weighted by Gasteiger charge is 2.31. The molecule has 0 bridgehead atoms. The average Bonchev–Trinajstić information content (AvgIpc) is 3.34. The van der Waals surface area contributed by atoms with Gasteiger partial charge in [0, 0.05) is 40.2 Å². The van der Waals surface area contributed by atoms with Crippen molar-refractivity contribution in [3.63, 3.8) is 0 Å². The molecule has 2 aromatic carbocycles. The standard InChI is InChI=1S/C32H39Cl2N5O3/c1-38-29(32(41)37-31(40)22-11-16-39(17-12-22)24-9-14-36-15-10-24)20-27(26-8-5-23(33)19-28(26)34)30(38)21-3-6-25(7-4-21)42-18-2-13-35/h3-8,19-20,22,24,36H,2,9-18,35H2,1H3,(H,37,40,41). The quantitative estimate of drug-likeness (QED) is 0.229. The van der Waals surface area contributed by atoms with Crippen molar-refractivity contribution in [3.05, 3.63) is 64.3 Å². The van der Waals surface area contributed by atoms with Gasteiger partial charge in [-0.3, -0.25) is 14.9 Å². The second kappa shape index (κ2) is 14.1. The number of hydrogen-bond donors (Lipinski definition) is 3. The molecule has 0 saturated carbocycles. The summed E-state index contributed by atoms with van der Waals surface area (Å²) in [6.07, 6.45) is 4.58. The zero-order valence-corrected chi connectivity index (χ0v) is 25.5. The lowest BCUT2D eigenvalue weighted by Gasteiger charge is -2.39. The number of carbonyl (C=O) groups is 2. The summed E-state index contributed by atoms with van der Waals surface area (Å²) in [6.45, 7) is 4.98. The van der Waals surface area contributed by atoms with Crippen LogP contribution >= 0.6 is 23.2 Å². The molecule has 2 aliphatic rings. The fourth-order valence-corrected chi connectivity index (χ4v) is 6.55. The number of carbonyl (C=O) groups excluding carboxylic acids is 2. The van der Waals surface area contributed by atoms with Crippen molar-refractivity contribution in [2.45, 2.75) is 38.1 Å². The second-order valence-corrected chi connectivity index (χ2v) is 11.9. The van der Waals surface area contributed by atoms with Crippen molar-refractivity contribution >= 4 is 35.0 Å². The first kappa shape index (κ1) is 30.6. The lowest BCUT2D eigenvalue weighted by atomic mass is 9.93. The molecule has 1 aromatic heterocycles. The number of nitrogens with two attached hydrogens (primary N) is 1. The van der Waals surface area contributed by atoms with E-state index in [1.165, 1.54) is 0 Å². The van der Waals surface area contributed by atoms with Crippen LogP contribution in [-0.2, 0) is 11.8 Å². The Balaban J connectivity index is 1.36. The van der Waals surface area contributed by atoms with E-state index in [1.54, 1.807) is 18.2 Å². The molecule has 2 amide bonds. The summed E-state index contributed by atoms with van der Waals surface area (Å²) in [5.74, 6) is -0.0775. The molecular formula is C32H39Cl2N5O3. The lowest BCUT2D eigenvalue weighted by Crippen LogP contribution is -2.48. The molecule has 2 aliphatic heterocycles. The molecule has 0 spiro atoms. The van der Waals surface area contributed by atoms with Gasteiger partial charge in [-0.15, -0.1) is 0 Å². The molecule has 0 aliphatic carbocycles. The molecule has 0 atom stereocenters. The molecule has 8 nitrogen and oxygen atoms in total. The molecule has 42 heavy (non-hydrogen) atoms. The van der Waals surface area contributed by atoms with Crippen molar-refractivity contribution in [3.8, 4) is 28.1 Å². The molecule has 0 radical (unpaired) electrons. The molecule has 3 heterocycles. The van der Waals surface area contributed by atoms with Crippen molar-refractivity contribution in [2.75, 3.05) is 39.3 Å². The largest absolute Gasteiger partial charge is 0.494 e. The van der Waals surface area contributed by atoms with E-state index < -0.39 is 5.91 Å². The molecular weight excluding hydrogens is 573 g/mol. The van der Waals surface area contributed by atoms with E-state index in [4.69, 9.17) is 33.7 Å². The highest BCUT2D eigenvalue weighted by atomic mass is 35.5. The van der Waals surface area contributed by atoms with Crippen LogP contribution in [0.3, 0.4) is 0 Å². The van der Waals surface area contributed by atoms with Crippen LogP contribution < -0.4 is 21.1 Å². The van der Waals surface area contributed by atoms with E-state index in [0.29, 0.717) is 34.9 Å². The lowest BCUT2D eigenvalue weighted by molar-refractivity contribution is -0.125. The molecule has 10 heteroatoms. The van der Waals surface area contributed by atoms with Gasteiger partial charge in [-0.25, -0.2) is 0 Å². The van der Waals surface area contributed by atoms with E-state index in [1.807, 2.05) is 41.9 Å². The number of benzene rings is 2. The van der Waals surface area contributed by atoms with Crippen molar-refractivity contribution in [1.82, 2.24) is 20.1 Å². The zero-order valence-electron chi connectivity index (χ0n) is 24.0. The number of halogens is 2. The number of ether oxygens (including phenoxy) is 1. The number of imide groups is 1. The van der Waals surface area contributed by atoms with E-state index in [-0.39, 0.29) is 11.8 Å². The third-order valence-corrected chi connectivity index (χ3v) is 8.94. The van der Waals surface area contributed by atoms with Gasteiger partial charge in [-0.2, -0.15) is 0 Å². The van der Waals surface area contributed by atoms with Crippen LogP contribution in [0.4, 0.5) is 0 Å².